The normalized spacial score (nSPS) is 14.5. The third kappa shape index (κ3) is 8.56. The smallest absolute Gasteiger partial charge is 0.221 e. The largest absolute Gasteiger partial charge is 0.492 e. The minimum absolute atomic E-state index is 0. The summed E-state index contributed by atoms with van der Waals surface area (Å²) in [5.74, 6) is 1.46. The lowest BCUT2D eigenvalue weighted by molar-refractivity contribution is -0.114. The molecule has 2 heterocycles. The van der Waals surface area contributed by atoms with Gasteiger partial charge in [0.25, 0.3) is 0 Å². The quantitative estimate of drug-likeness (QED) is 0.199. The highest BCUT2D eigenvalue weighted by molar-refractivity contribution is 14.0. The van der Waals surface area contributed by atoms with Gasteiger partial charge >= 0.3 is 0 Å². The molecule has 1 aromatic carbocycles. The third-order valence-electron chi connectivity index (χ3n) is 4.78. The molecule has 0 saturated carbocycles. The number of ether oxygens (including phenoxy) is 1. The van der Waals surface area contributed by atoms with Crippen molar-refractivity contribution in [2.24, 2.45) is 4.99 Å². The van der Waals surface area contributed by atoms with Gasteiger partial charge in [0.1, 0.15) is 12.4 Å². The van der Waals surface area contributed by atoms with Gasteiger partial charge in [0, 0.05) is 44.4 Å². The maximum Gasteiger partial charge on any atom is 0.221 e. The van der Waals surface area contributed by atoms with E-state index in [0.29, 0.717) is 19.2 Å². The van der Waals surface area contributed by atoms with Crippen LogP contribution in [0.1, 0.15) is 26.7 Å². The Balaban J connectivity index is 0.00000341. The number of thiophene rings is 1. The molecule has 1 saturated heterocycles. The molecule has 1 aliphatic heterocycles. The van der Waals surface area contributed by atoms with Gasteiger partial charge in [0.2, 0.25) is 5.91 Å². The van der Waals surface area contributed by atoms with Crippen molar-refractivity contribution in [2.45, 2.75) is 32.7 Å². The lowest BCUT2D eigenvalue weighted by Gasteiger charge is -2.33. The molecule has 1 amide bonds. The molecular weight excluding hydrogens is 525 g/mol. The van der Waals surface area contributed by atoms with Crippen LogP contribution in [0.25, 0.3) is 0 Å². The second kappa shape index (κ2) is 13.4. The summed E-state index contributed by atoms with van der Waals surface area (Å²) in [4.78, 5) is 18.3. The van der Waals surface area contributed by atoms with E-state index in [0.717, 1.165) is 49.9 Å². The number of hydrogen-bond donors (Lipinski definition) is 3. The molecule has 31 heavy (non-hydrogen) atoms. The Morgan fingerprint density at radius 3 is 2.74 bits per heavy atom. The Kier molecular flexibility index (Phi) is 10.9. The van der Waals surface area contributed by atoms with Crippen LogP contribution in [0.4, 0.5) is 10.7 Å². The number of carbonyl (C=O) groups excluding carboxylic acids is 1. The molecule has 9 heteroatoms. The number of hydrogen-bond acceptors (Lipinski definition) is 5. The van der Waals surface area contributed by atoms with E-state index in [9.17, 15) is 4.79 Å². The molecule has 0 spiro atoms. The van der Waals surface area contributed by atoms with E-state index < -0.39 is 0 Å². The van der Waals surface area contributed by atoms with Crippen molar-refractivity contribution in [3.63, 3.8) is 0 Å². The van der Waals surface area contributed by atoms with Gasteiger partial charge < -0.3 is 25.6 Å². The van der Waals surface area contributed by atoms with E-state index in [1.165, 1.54) is 11.9 Å². The highest BCUT2D eigenvalue weighted by Gasteiger charge is 2.20. The summed E-state index contributed by atoms with van der Waals surface area (Å²) in [6.45, 7) is 7.52. The number of anilines is 2. The van der Waals surface area contributed by atoms with E-state index in [4.69, 9.17) is 4.74 Å². The van der Waals surface area contributed by atoms with Gasteiger partial charge in [0.15, 0.2) is 5.96 Å². The van der Waals surface area contributed by atoms with Crippen molar-refractivity contribution in [2.75, 3.05) is 43.0 Å². The average Bonchev–Trinajstić information content (AvgIpc) is 3.26. The standard InChI is InChI=1S/C22H31N5O2S.HI/c1-3-23-22(26-18-9-12-27(13-10-18)21-8-5-15-30-21)24-11-14-29-20-7-4-6-19(16-20)25-17(2)28;/h4-8,15-16,18H,3,9-14H2,1-2H3,(H,25,28)(H2,23,24,26);1H. The maximum absolute atomic E-state index is 11.2. The topological polar surface area (TPSA) is 78.0 Å². The first-order valence-corrected chi connectivity index (χ1v) is 11.4. The SMILES string of the molecule is CCNC(=NCCOc1cccc(NC(C)=O)c1)NC1CCN(c2cccs2)CC1.I. The van der Waals surface area contributed by atoms with Crippen molar-refractivity contribution >= 4 is 57.9 Å². The number of guanidine groups is 1. The summed E-state index contributed by atoms with van der Waals surface area (Å²) in [7, 11) is 0. The van der Waals surface area contributed by atoms with Gasteiger partial charge in [-0.3, -0.25) is 4.79 Å². The molecule has 0 aliphatic carbocycles. The minimum Gasteiger partial charge on any atom is -0.492 e. The molecule has 7 nitrogen and oxygen atoms in total. The molecule has 1 aromatic heterocycles. The zero-order valence-corrected chi connectivity index (χ0v) is 21.2. The van der Waals surface area contributed by atoms with Gasteiger partial charge in [-0.05, 0) is 49.4 Å². The number of benzene rings is 1. The first kappa shape index (κ1) is 25.3. The van der Waals surface area contributed by atoms with E-state index >= 15 is 0 Å². The molecule has 2 aromatic rings. The Bertz CT molecular complexity index is 823. The average molecular weight is 558 g/mol. The summed E-state index contributed by atoms with van der Waals surface area (Å²) < 4.78 is 5.78. The van der Waals surface area contributed by atoms with Crippen LogP contribution in [0.2, 0.25) is 0 Å². The zero-order valence-electron chi connectivity index (χ0n) is 18.1. The Labute approximate surface area is 205 Å². The lowest BCUT2D eigenvalue weighted by atomic mass is 10.1. The van der Waals surface area contributed by atoms with Crippen molar-refractivity contribution in [1.29, 1.82) is 0 Å². The third-order valence-corrected chi connectivity index (χ3v) is 5.71. The van der Waals surface area contributed by atoms with E-state index in [2.05, 4.69) is 50.3 Å². The number of carbonyl (C=O) groups is 1. The fraction of sp³-hybridized carbons (Fsp3) is 0.455. The summed E-state index contributed by atoms with van der Waals surface area (Å²) >= 11 is 1.80. The monoisotopic (exact) mass is 557 g/mol. The number of nitrogens with zero attached hydrogens (tertiary/aromatic N) is 2. The highest BCUT2D eigenvalue weighted by Crippen LogP contribution is 2.24. The van der Waals surface area contributed by atoms with Crippen LogP contribution in [0.3, 0.4) is 0 Å². The number of amides is 1. The summed E-state index contributed by atoms with van der Waals surface area (Å²) in [6.07, 6.45) is 2.18. The summed E-state index contributed by atoms with van der Waals surface area (Å²) in [5, 5.41) is 13.1. The number of rotatable bonds is 8. The number of piperidine rings is 1. The van der Waals surface area contributed by atoms with E-state index in [-0.39, 0.29) is 29.9 Å². The summed E-state index contributed by atoms with van der Waals surface area (Å²) in [6, 6.07) is 12.1. The van der Waals surface area contributed by atoms with Crippen molar-refractivity contribution in [3.05, 3.63) is 41.8 Å². The first-order valence-electron chi connectivity index (χ1n) is 10.5. The molecule has 1 aliphatic rings. The van der Waals surface area contributed by atoms with E-state index in [1.54, 1.807) is 11.3 Å². The number of aliphatic imine (C=N–C) groups is 1. The van der Waals surface area contributed by atoms with Crippen LogP contribution >= 0.6 is 35.3 Å². The molecule has 170 valence electrons. The van der Waals surface area contributed by atoms with Crippen molar-refractivity contribution < 1.29 is 9.53 Å². The number of nitrogens with one attached hydrogen (secondary N) is 3. The van der Waals surface area contributed by atoms with Gasteiger partial charge in [0.05, 0.1) is 11.5 Å². The molecule has 0 unspecified atom stereocenters. The second-order valence-electron chi connectivity index (χ2n) is 7.18. The summed E-state index contributed by atoms with van der Waals surface area (Å²) in [5.41, 5.74) is 0.729. The van der Waals surface area contributed by atoms with Gasteiger partial charge in [-0.2, -0.15) is 0 Å². The molecule has 3 N–H and O–H groups in total. The fourth-order valence-corrected chi connectivity index (χ4v) is 4.18. The molecule has 3 rings (SSSR count). The molecule has 1 fully saturated rings. The molecule has 0 atom stereocenters. The van der Waals surface area contributed by atoms with Crippen LogP contribution in [0.15, 0.2) is 46.8 Å². The number of halogens is 1. The Morgan fingerprint density at radius 1 is 1.26 bits per heavy atom. The van der Waals surface area contributed by atoms with Crippen LogP contribution < -0.4 is 25.6 Å². The maximum atomic E-state index is 11.2. The zero-order chi connectivity index (χ0) is 21.2. The molecular formula is C22H32IN5O2S. The Hall–Kier alpha value is -2.01. The highest BCUT2D eigenvalue weighted by atomic mass is 127. The minimum atomic E-state index is -0.0978. The van der Waals surface area contributed by atoms with Crippen LogP contribution in [0, 0.1) is 0 Å². The van der Waals surface area contributed by atoms with Gasteiger partial charge in [-0.1, -0.05) is 6.07 Å². The fourth-order valence-electron chi connectivity index (χ4n) is 3.40. The van der Waals surface area contributed by atoms with Crippen LogP contribution in [-0.4, -0.2) is 50.7 Å². The second-order valence-corrected chi connectivity index (χ2v) is 8.10. The molecule has 0 radical (unpaired) electrons. The van der Waals surface area contributed by atoms with Crippen LogP contribution in [0.5, 0.6) is 5.75 Å². The predicted molar refractivity (Wildman–Crippen MR) is 140 cm³/mol. The van der Waals surface area contributed by atoms with Crippen LogP contribution in [-0.2, 0) is 4.79 Å². The first-order chi connectivity index (χ1) is 14.6. The van der Waals surface area contributed by atoms with E-state index in [1.807, 2.05) is 24.3 Å². The molecule has 0 bridgehead atoms. The van der Waals surface area contributed by atoms with Gasteiger partial charge in [-0.25, -0.2) is 4.99 Å². The van der Waals surface area contributed by atoms with Gasteiger partial charge in [-0.15, -0.1) is 35.3 Å². The lowest BCUT2D eigenvalue weighted by Crippen LogP contribution is -2.48. The Morgan fingerprint density at radius 2 is 2.06 bits per heavy atom. The predicted octanol–water partition coefficient (Wildman–Crippen LogP) is 3.93. The van der Waals surface area contributed by atoms with Crippen molar-refractivity contribution in [1.82, 2.24) is 10.6 Å². The van der Waals surface area contributed by atoms with Crippen molar-refractivity contribution in [3.8, 4) is 5.75 Å².